The van der Waals surface area contributed by atoms with Gasteiger partial charge in [-0.1, -0.05) is 0 Å². The first-order chi connectivity index (χ1) is 11.2. The Labute approximate surface area is 138 Å². The quantitative estimate of drug-likeness (QED) is 0.680. The highest BCUT2D eigenvalue weighted by atomic mass is 16.5. The number of anilines is 1. The molecule has 0 N–H and O–H groups in total. The van der Waals surface area contributed by atoms with E-state index in [0.29, 0.717) is 17.2 Å². The number of nitrogens with zero attached hydrogens (tertiary/aromatic N) is 2. The van der Waals surface area contributed by atoms with E-state index in [0.717, 1.165) is 51.4 Å². The Bertz CT molecular complexity index is 462. The zero-order valence-electron chi connectivity index (χ0n) is 14.6. The Morgan fingerprint density at radius 1 is 0.870 bits per heavy atom. The minimum atomic E-state index is 0.636. The summed E-state index contributed by atoms with van der Waals surface area (Å²) in [6.45, 7) is 6.02. The Morgan fingerprint density at radius 3 is 1.96 bits per heavy atom. The van der Waals surface area contributed by atoms with Crippen LogP contribution in [0.5, 0.6) is 17.2 Å². The second kappa shape index (κ2) is 8.84. The fourth-order valence-corrected chi connectivity index (χ4v) is 2.91. The summed E-state index contributed by atoms with van der Waals surface area (Å²) in [7, 11) is 6.67. The van der Waals surface area contributed by atoms with Crippen LogP contribution in [-0.2, 0) is 4.74 Å². The molecule has 23 heavy (non-hydrogen) atoms. The fraction of sp³-hybridized carbons (Fsp3) is 0.647. The zero-order chi connectivity index (χ0) is 16.7. The maximum atomic E-state index is 5.44. The molecular weight excluding hydrogens is 296 g/mol. The normalized spacial score (nSPS) is 15.6. The Kier molecular flexibility index (Phi) is 6.80. The lowest BCUT2D eigenvalue weighted by atomic mass is 10.2. The molecule has 6 heteroatoms. The van der Waals surface area contributed by atoms with E-state index in [1.165, 1.54) is 0 Å². The van der Waals surface area contributed by atoms with Crippen LogP contribution in [0.4, 0.5) is 5.69 Å². The van der Waals surface area contributed by atoms with E-state index in [-0.39, 0.29) is 0 Å². The number of benzene rings is 1. The smallest absolute Gasteiger partial charge is 0.203 e. The third-order valence-corrected chi connectivity index (χ3v) is 4.21. The molecule has 0 saturated carbocycles. The van der Waals surface area contributed by atoms with Crippen molar-refractivity contribution in [1.82, 2.24) is 4.90 Å². The second-order valence-corrected chi connectivity index (χ2v) is 5.56. The first-order valence-electron chi connectivity index (χ1n) is 7.99. The minimum absolute atomic E-state index is 0.636. The molecule has 0 atom stereocenters. The summed E-state index contributed by atoms with van der Waals surface area (Å²) < 4.78 is 21.4. The van der Waals surface area contributed by atoms with E-state index in [4.69, 9.17) is 18.9 Å². The maximum absolute atomic E-state index is 5.44. The lowest BCUT2D eigenvalue weighted by Crippen LogP contribution is -2.46. The molecular formula is C17H28N2O4. The number of methoxy groups -OCH3 is 4. The van der Waals surface area contributed by atoms with Crippen molar-refractivity contribution in [3.8, 4) is 17.2 Å². The first-order valence-corrected chi connectivity index (χ1v) is 7.99. The summed E-state index contributed by atoms with van der Waals surface area (Å²) in [5.74, 6) is 2.03. The van der Waals surface area contributed by atoms with Crippen LogP contribution < -0.4 is 19.1 Å². The summed E-state index contributed by atoms with van der Waals surface area (Å²) in [5.41, 5.74) is 1.11. The molecule has 0 radical (unpaired) electrons. The molecule has 0 bridgehead atoms. The van der Waals surface area contributed by atoms with Crippen LogP contribution in [0.1, 0.15) is 6.42 Å². The van der Waals surface area contributed by atoms with E-state index in [2.05, 4.69) is 9.80 Å². The number of hydrogen-bond acceptors (Lipinski definition) is 6. The van der Waals surface area contributed by atoms with E-state index < -0.39 is 0 Å². The third-order valence-electron chi connectivity index (χ3n) is 4.21. The van der Waals surface area contributed by atoms with Gasteiger partial charge in [-0.05, 0) is 6.42 Å². The Balaban J connectivity index is 2.03. The van der Waals surface area contributed by atoms with Crippen molar-refractivity contribution in [3.05, 3.63) is 12.1 Å². The van der Waals surface area contributed by atoms with Gasteiger partial charge in [0.15, 0.2) is 11.5 Å². The van der Waals surface area contributed by atoms with Gasteiger partial charge < -0.3 is 23.8 Å². The van der Waals surface area contributed by atoms with Gasteiger partial charge in [-0.15, -0.1) is 0 Å². The molecule has 1 saturated heterocycles. The van der Waals surface area contributed by atoms with Crippen molar-refractivity contribution < 1.29 is 18.9 Å². The predicted octanol–water partition coefficient (Wildman–Crippen LogP) is 1.87. The van der Waals surface area contributed by atoms with Gasteiger partial charge in [0, 0.05) is 64.3 Å². The Morgan fingerprint density at radius 2 is 1.48 bits per heavy atom. The van der Waals surface area contributed by atoms with E-state index in [1.807, 2.05) is 12.1 Å². The van der Waals surface area contributed by atoms with Gasteiger partial charge in [0.05, 0.1) is 21.3 Å². The van der Waals surface area contributed by atoms with Crippen molar-refractivity contribution in [3.63, 3.8) is 0 Å². The number of hydrogen-bond donors (Lipinski definition) is 0. The lowest BCUT2D eigenvalue weighted by molar-refractivity contribution is 0.169. The first kappa shape index (κ1) is 17.7. The average molecular weight is 324 g/mol. The van der Waals surface area contributed by atoms with Crippen LogP contribution in [0.15, 0.2) is 12.1 Å². The number of ether oxygens (including phenoxy) is 4. The summed E-state index contributed by atoms with van der Waals surface area (Å²) in [5, 5.41) is 0. The molecule has 0 unspecified atom stereocenters. The van der Waals surface area contributed by atoms with E-state index in [9.17, 15) is 0 Å². The van der Waals surface area contributed by atoms with Gasteiger partial charge in [-0.3, -0.25) is 4.90 Å². The molecule has 1 aromatic carbocycles. The molecule has 130 valence electrons. The fourth-order valence-electron chi connectivity index (χ4n) is 2.91. The number of piperazine rings is 1. The van der Waals surface area contributed by atoms with E-state index >= 15 is 0 Å². The van der Waals surface area contributed by atoms with E-state index in [1.54, 1.807) is 28.4 Å². The van der Waals surface area contributed by atoms with Crippen LogP contribution in [0.2, 0.25) is 0 Å². The van der Waals surface area contributed by atoms with Gasteiger partial charge in [0.2, 0.25) is 5.75 Å². The van der Waals surface area contributed by atoms with Crippen LogP contribution in [-0.4, -0.2) is 72.7 Å². The summed E-state index contributed by atoms with van der Waals surface area (Å²) >= 11 is 0. The van der Waals surface area contributed by atoms with Crippen LogP contribution in [0, 0.1) is 0 Å². The minimum Gasteiger partial charge on any atom is -0.493 e. The maximum Gasteiger partial charge on any atom is 0.203 e. The van der Waals surface area contributed by atoms with Crippen molar-refractivity contribution in [2.75, 3.05) is 72.7 Å². The van der Waals surface area contributed by atoms with Crippen molar-refractivity contribution in [2.24, 2.45) is 0 Å². The summed E-state index contributed by atoms with van der Waals surface area (Å²) in [4.78, 5) is 4.84. The molecule has 1 aliphatic rings. The monoisotopic (exact) mass is 324 g/mol. The summed E-state index contributed by atoms with van der Waals surface area (Å²) in [6, 6.07) is 4.03. The van der Waals surface area contributed by atoms with Crippen molar-refractivity contribution >= 4 is 5.69 Å². The highest BCUT2D eigenvalue weighted by Gasteiger charge is 2.20. The van der Waals surface area contributed by atoms with Gasteiger partial charge in [-0.25, -0.2) is 0 Å². The number of rotatable bonds is 8. The predicted molar refractivity (Wildman–Crippen MR) is 91.2 cm³/mol. The Hall–Kier alpha value is -1.66. The van der Waals surface area contributed by atoms with Gasteiger partial charge in [-0.2, -0.15) is 0 Å². The van der Waals surface area contributed by atoms with Crippen molar-refractivity contribution in [1.29, 1.82) is 0 Å². The molecule has 1 fully saturated rings. The van der Waals surface area contributed by atoms with Gasteiger partial charge >= 0.3 is 0 Å². The molecule has 1 heterocycles. The van der Waals surface area contributed by atoms with Gasteiger partial charge in [0.1, 0.15) is 0 Å². The van der Waals surface area contributed by atoms with Crippen molar-refractivity contribution in [2.45, 2.75) is 6.42 Å². The SMILES string of the molecule is COCCCN1CCN(c2cc(OC)c(OC)c(OC)c2)CC1. The average Bonchev–Trinajstić information content (AvgIpc) is 2.61. The van der Waals surface area contributed by atoms with Gasteiger partial charge in [0.25, 0.3) is 0 Å². The topological polar surface area (TPSA) is 43.4 Å². The largest absolute Gasteiger partial charge is 0.493 e. The molecule has 2 rings (SSSR count). The highest BCUT2D eigenvalue weighted by molar-refractivity contribution is 5.63. The highest BCUT2D eigenvalue weighted by Crippen LogP contribution is 2.41. The molecule has 0 amide bonds. The van der Waals surface area contributed by atoms with Crippen LogP contribution in [0.3, 0.4) is 0 Å². The van der Waals surface area contributed by atoms with Crippen LogP contribution in [0.25, 0.3) is 0 Å². The molecule has 0 spiro atoms. The second-order valence-electron chi connectivity index (χ2n) is 5.56. The molecule has 0 aliphatic carbocycles. The molecule has 6 nitrogen and oxygen atoms in total. The standard InChI is InChI=1S/C17H28N2O4/c1-20-11-5-6-18-7-9-19(10-8-18)14-12-15(21-2)17(23-4)16(13-14)22-3/h12-13H,5-11H2,1-4H3. The zero-order valence-corrected chi connectivity index (χ0v) is 14.6. The van der Waals surface area contributed by atoms with Crippen LogP contribution >= 0.6 is 0 Å². The summed E-state index contributed by atoms with van der Waals surface area (Å²) in [6.07, 6.45) is 1.08. The molecule has 0 aromatic heterocycles. The molecule has 1 aliphatic heterocycles. The third kappa shape index (κ3) is 4.42. The molecule has 1 aromatic rings. The lowest BCUT2D eigenvalue weighted by Gasteiger charge is -2.36.